The van der Waals surface area contributed by atoms with Crippen LogP contribution in [0.4, 0.5) is 0 Å². The summed E-state index contributed by atoms with van der Waals surface area (Å²) < 4.78 is 0. The van der Waals surface area contributed by atoms with Crippen molar-refractivity contribution in [2.24, 2.45) is 0 Å². The monoisotopic (exact) mass is 190 g/mol. The molecule has 2 heterocycles. The van der Waals surface area contributed by atoms with Crippen LogP contribution in [0.15, 0.2) is 24.5 Å². The molecule has 2 aromatic heterocycles. The molecule has 0 atom stereocenters. The summed E-state index contributed by atoms with van der Waals surface area (Å²) in [5, 5.41) is 1.08. The number of rotatable bonds is 1. The van der Waals surface area contributed by atoms with Crippen LogP contribution in [0.3, 0.4) is 0 Å². The van der Waals surface area contributed by atoms with Gasteiger partial charge in [0.05, 0.1) is 5.69 Å². The lowest BCUT2D eigenvalue weighted by Crippen LogP contribution is -1.77. The van der Waals surface area contributed by atoms with Gasteiger partial charge in [-0.15, -0.1) is 11.3 Å². The zero-order valence-electron chi connectivity index (χ0n) is 7.61. The van der Waals surface area contributed by atoms with Gasteiger partial charge in [0, 0.05) is 22.8 Å². The largest absolute Gasteiger partial charge is 0.265 e. The molecule has 0 saturated heterocycles. The molecule has 2 aromatic rings. The van der Waals surface area contributed by atoms with Crippen LogP contribution in [0.1, 0.15) is 10.6 Å². The van der Waals surface area contributed by atoms with Crippen molar-refractivity contribution < 1.29 is 0 Å². The summed E-state index contributed by atoms with van der Waals surface area (Å²) in [4.78, 5) is 9.73. The highest BCUT2D eigenvalue weighted by molar-refractivity contribution is 7.15. The fraction of sp³-hybridized carbons (Fsp3) is 0.200. The lowest BCUT2D eigenvalue weighted by atomic mass is 10.3. The van der Waals surface area contributed by atoms with Gasteiger partial charge in [-0.1, -0.05) is 0 Å². The minimum atomic E-state index is 1.08. The predicted molar refractivity (Wildman–Crippen MR) is 54.8 cm³/mol. The summed E-state index contributed by atoms with van der Waals surface area (Å²) in [6.07, 6.45) is 3.59. The second-order valence-electron chi connectivity index (χ2n) is 2.90. The second kappa shape index (κ2) is 3.26. The van der Waals surface area contributed by atoms with E-state index in [-0.39, 0.29) is 0 Å². The first-order valence-electron chi connectivity index (χ1n) is 4.12. The number of hydrogen-bond acceptors (Lipinski definition) is 3. The van der Waals surface area contributed by atoms with Crippen LogP contribution >= 0.6 is 11.3 Å². The van der Waals surface area contributed by atoms with Crippen molar-refractivity contribution in [3.8, 4) is 10.6 Å². The third kappa shape index (κ3) is 1.60. The van der Waals surface area contributed by atoms with Crippen LogP contribution in [-0.4, -0.2) is 9.97 Å². The first kappa shape index (κ1) is 8.38. The van der Waals surface area contributed by atoms with Crippen LogP contribution in [0.5, 0.6) is 0 Å². The molecule has 0 unspecified atom stereocenters. The molecule has 0 radical (unpaired) electrons. The molecule has 0 saturated carbocycles. The minimum Gasteiger partial charge on any atom is -0.265 e. The van der Waals surface area contributed by atoms with Gasteiger partial charge in [0.15, 0.2) is 0 Å². The van der Waals surface area contributed by atoms with E-state index in [1.165, 1.54) is 4.88 Å². The Balaban J connectivity index is 2.48. The molecule has 0 amide bonds. The van der Waals surface area contributed by atoms with E-state index >= 15 is 0 Å². The average molecular weight is 190 g/mol. The molecule has 0 spiro atoms. The number of aryl methyl sites for hydroxylation is 2. The number of nitrogens with zero attached hydrogens (tertiary/aromatic N) is 2. The first-order valence-corrected chi connectivity index (χ1v) is 4.93. The van der Waals surface area contributed by atoms with Crippen molar-refractivity contribution in [3.05, 3.63) is 35.1 Å². The summed E-state index contributed by atoms with van der Waals surface area (Å²) in [6.45, 7) is 4.13. The van der Waals surface area contributed by atoms with Crippen molar-refractivity contribution in [1.82, 2.24) is 9.97 Å². The van der Waals surface area contributed by atoms with Crippen molar-refractivity contribution in [2.45, 2.75) is 13.8 Å². The Morgan fingerprint density at radius 2 is 1.85 bits per heavy atom. The van der Waals surface area contributed by atoms with Gasteiger partial charge in [-0.25, -0.2) is 4.98 Å². The zero-order valence-corrected chi connectivity index (χ0v) is 8.43. The van der Waals surface area contributed by atoms with Crippen LogP contribution in [-0.2, 0) is 0 Å². The molecular formula is C10H10N2S. The molecule has 0 aliphatic rings. The molecule has 2 rings (SSSR count). The second-order valence-corrected chi connectivity index (χ2v) is 4.10. The van der Waals surface area contributed by atoms with Gasteiger partial charge in [-0.3, -0.25) is 4.98 Å². The molecule has 0 aliphatic heterocycles. The highest BCUT2D eigenvalue weighted by atomic mass is 32.1. The molecule has 0 bridgehead atoms. The number of aromatic nitrogens is 2. The Kier molecular flexibility index (Phi) is 2.10. The third-order valence-electron chi connectivity index (χ3n) is 1.96. The lowest BCUT2D eigenvalue weighted by molar-refractivity contribution is 1.23. The van der Waals surface area contributed by atoms with Crippen LogP contribution in [0.2, 0.25) is 0 Å². The van der Waals surface area contributed by atoms with Crippen LogP contribution < -0.4 is 0 Å². The maximum absolute atomic E-state index is 4.47. The predicted octanol–water partition coefficient (Wildman–Crippen LogP) is 2.82. The number of hydrogen-bond donors (Lipinski definition) is 0. The normalized spacial score (nSPS) is 10.3. The van der Waals surface area contributed by atoms with Gasteiger partial charge >= 0.3 is 0 Å². The Bertz CT molecular complexity index is 387. The Hall–Kier alpha value is -1.22. The summed E-state index contributed by atoms with van der Waals surface area (Å²) in [5.74, 6) is 0. The number of thiazole rings is 1. The summed E-state index contributed by atoms with van der Waals surface area (Å²) in [7, 11) is 0. The van der Waals surface area contributed by atoms with Crippen LogP contribution in [0.25, 0.3) is 10.6 Å². The molecule has 0 aromatic carbocycles. The smallest absolute Gasteiger partial charge is 0.123 e. The van der Waals surface area contributed by atoms with Gasteiger partial charge in [-0.05, 0) is 26.0 Å². The molecule has 3 heteroatoms. The molecular weight excluding hydrogens is 180 g/mol. The average Bonchev–Trinajstić information content (AvgIpc) is 2.49. The van der Waals surface area contributed by atoms with E-state index in [0.717, 1.165) is 16.3 Å². The first-order chi connectivity index (χ1) is 6.27. The van der Waals surface area contributed by atoms with Gasteiger partial charge in [0.1, 0.15) is 5.01 Å². The quantitative estimate of drug-likeness (QED) is 0.691. The third-order valence-corrected chi connectivity index (χ3v) is 3.08. The van der Waals surface area contributed by atoms with Crippen molar-refractivity contribution in [2.75, 3.05) is 0 Å². The standard InChI is InChI=1S/C10H10N2S/c1-7-8(2)13-10(12-7)9-3-5-11-6-4-9/h3-6H,1-2H3. The fourth-order valence-electron chi connectivity index (χ4n) is 1.09. The van der Waals surface area contributed by atoms with Crippen molar-refractivity contribution in [1.29, 1.82) is 0 Å². The maximum Gasteiger partial charge on any atom is 0.123 e. The number of pyridine rings is 1. The molecule has 0 N–H and O–H groups in total. The van der Waals surface area contributed by atoms with Crippen molar-refractivity contribution >= 4 is 11.3 Å². The Labute approximate surface area is 81.3 Å². The van der Waals surface area contributed by atoms with E-state index in [2.05, 4.69) is 16.9 Å². The molecule has 0 aliphatic carbocycles. The minimum absolute atomic E-state index is 1.08. The van der Waals surface area contributed by atoms with Gasteiger partial charge in [-0.2, -0.15) is 0 Å². The fourth-order valence-corrected chi connectivity index (χ4v) is 2.01. The summed E-state index contributed by atoms with van der Waals surface area (Å²) >= 11 is 1.73. The highest BCUT2D eigenvalue weighted by Gasteiger charge is 2.04. The topological polar surface area (TPSA) is 25.8 Å². The van der Waals surface area contributed by atoms with E-state index in [4.69, 9.17) is 0 Å². The van der Waals surface area contributed by atoms with E-state index in [0.29, 0.717) is 0 Å². The maximum atomic E-state index is 4.47. The van der Waals surface area contributed by atoms with Gasteiger partial charge < -0.3 is 0 Å². The van der Waals surface area contributed by atoms with Crippen molar-refractivity contribution in [3.63, 3.8) is 0 Å². The summed E-state index contributed by atoms with van der Waals surface area (Å²) in [5.41, 5.74) is 2.27. The van der Waals surface area contributed by atoms with E-state index in [1.54, 1.807) is 23.7 Å². The van der Waals surface area contributed by atoms with Crippen LogP contribution in [0, 0.1) is 13.8 Å². The highest BCUT2D eigenvalue weighted by Crippen LogP contribution is 2.26. The SMILES string of the molecule is Cc1nc(-c2ccncc2)sc1C. The summed E-state index contributed by atoms with van der Waals surface area (Å²) in [6, 6.07) is 3.97. The molecule has 13 heavy (non-hydrogen) atoms. The lowest BCUT2D eigenvalue weighted by Gasteiger charge is -1.91. The van der Waals surface area contributed by atoms with E-state index in [9.17, 15) is 0 Å². The Morgan fingerprint density at radius 3 is 2.38 bits per heavy atom. The van der Waals surface area contributed by atoms with Gasteiger partial charge in [0.25, 0.3) is 0 Å². The van der Waals surface area contributed by atoms with E-state index < -0.39 is 0 Å². The molecule has 66 valence electrons. The molecule has 0 fully saturated rings. The Morgan fingerprint density at radius 1 is 1.15 bits per heavy atom. The van der Waals surface area contributed by atoms with Gasteiger partial charge in [0.2, 0.25) is 0 Å². The van der Waals surface area contributed by atoms with E-state index in [1.807, 2.05) is 19.1 Å². The zero-order chi connectivity index (χ0) is 9.26. The molecule has 2 nitrogen and oxygen atoms in total.